The molecular weight excluding hydrogens is 293 g/mol. The van der Waals surface area contributed by atoms with Crippen LogP contribution < -0.4 is 0 Å². The Labute approximate surface area is 136 Å². The normalized spacial score (nSPS) is 25.5. The number of hydrogen-bond acceptors (Lipinski definition) is 3. The van der Waals surface area contributed by atoms with Crippen molar-refractivity contribution in [2.45, 2.75) is 32.2 Å². The molecule has 3 rings (SSSR count). The van der Waals surface area contributed by atoms with E-state index in [2.05, 4.69) is 11.8 Å². The highest BCUT2D eigenvalue weighted by Gasteiger charge is 2.40. The van der Waals surface area contributed by atoms with Gasteiger partial charge in [-0.2, -0.15) is 0 Å². The summed E-state index contributed by atoms with van der Waals surface area (Å²) in [5, 5.41) is 9.21. The molecule has 1 saturated carbocycles. The third kappa shape index (κ3) is 3.54. The molecule has 1 heterocycles. The van der Waals surface area contributed by atoms with Crippen molar-refractivity contribution < 1.29 is 14.3 Å². The van der Waals surface area contributed by atoms with Crippen LogP contribution >= 0.6 is 0 Å². The Balaban J connectivity index is 1.91. The van der Waals surface area contributed by atoms with E-state index in [0.717, 1.165) is 31.4 Å². The number of aliphatic hydroxyl groups is 1. The van der Waals surface area contributed by atoms with Crippen molar-refractivity contribution in [1.29, 1.82) is 0 Å². The van der Waals surface area contributed by atoms with Crippen LogP contribution in [0.2, 0.25) is 0 Å². The summed E-state index contributed by atoms with van der Waals surface area (Å²) in [5.74, 6) is 0.325. The summed E-state index contributed by atoms with van der Waals surface area (Å²) in [5.41, 5.74) is 1.63. The minimum atomic E-state index is -0.502. The highest BCUT2D eigenvalue weighted by molar-refractivity contribution is 5.89. The molecule has 23 heavy (non-hydrogen) atoms. The molecule has 1 aromatic rings. The molecule has 0 amide bonds. The molecule has 1 N–H and O–H groups in total. The Kier molecular flexibility index (Phi) is 4.93. The molecule has 2 fully saturated rings. The number of likely N-dealkylation sites (tertiary alicyclic amines) is 1. The Morgan fingerprint density at radius 3 is 2.78 bits per heavy atom. The molecule has 0 aromatic heterocycles. The molecule has 124 valence electrons. The van der Waals surface area contributed by atoms with Gasteiger partial charge in [0.05, 0.1) is 12.6 Å². The van der Waals surface area contributed by atoms with Crippen molar-refractivity contribution in [2.75, 3.05) is 19.7 Å². The topological polar surface area (TPSA) is 40.5 Å². The summed E-state index contributed by atoms with van der Waals surface area (Å²) in [7, 11) is 0. The van der Waals surface area contributed by atoms with Gasteiger partial charge >= 0.3 is 0 Å². The van der Waals surface area contributed by atoms with Crippen LogP contribution in [0.3, 0.4) is 0 Å². The molecule has 3 nitrogen and oxygen atoms in total. The van der Waals surface area contributed by atoms with Crippen molar-refractivity contribution >= 4 is 5.78 Å². The Morgan fingerprint density at radius 1 is 1.39 bits per heavy atom. The van der Waals surface area contributed by atoms with Gasteiger partial charge in [-0.15, -0.1) is 0 Å². The number of halogens is 1. The first-order chi connectivity index (χ1) is 11.1. The number of Topliss-reactive ketones (excluding diaryl/α,β-unsaturated/α-hetero) is 1. The first-order valence-electron chi connectivity index (χ1n) is 8.43. The van der Waals surface area contributed by atoms with Gasteiger partial charge in [-0.05, 0) is 31.2 Å². The minimum Gasteiger partial charge on any atom is -0.392 e. The number of aliphatic hydroxyl groups excluding tert-OH is 1. The predicted molar refractivity (Wildman–Crippen MR) is 87.4 cm³/mol. The van der Waals surface area contributed by atoms with Crippen LogP contribution in [-0.4, -0.2) is 35.5 Å². The Morgan fingerprint density at radius 2 is 2.13 bits per heavy atom. The largest absolute Gasteiger partial charge is 0.392 e. The summed E-state index contributed by atoms with van der Waals surface area (Å²) in [6, 6.07) is 6.11. The fraction of sp³-hybridized carbons (Fsp3) is 0.526. The fourth-order valence-corrected chi connectivity index (χ4v) is 3.44. The summed E-state index contributed by atoms with van der Waals surface area (Å²) in [4.78, 5) is 14.9. The zero-order chi connectivity index (χ0) is 16.4. The fourth-order valence-electron chi connectivity index (χ4n) is 3.44. The van der Waals surface area contributed by atoms with E-state index < -0.39 is 6.04 Å². The van der Waals surface area contributed by atoms with E-state index in [1.807, 2.05) is 6.08 Å². The molecule has 4 heteroatoms. The van der Waals surface area contributed by atoms with Crippen LogP contribution in [0.4, 0.5) is 4.39 Å². The molecule has 1 saturated heterocycles. The van der Waals surface area contributed by atoms with Gasteiger partial charge in [0.25, 0.3) is 0 Å². The SMILES string of the molecule is CC1CCN(C(C(=O)C2CC2)c2ccccc2F)C/C1=C/CO. The first-order valence-corrected chi connectivity index (χ1v) is 8.43. The molecule has 1 aromatic carbocycles. The number of piperidine rings is 1. The van der Waals surface area contributed by atoms with Crippen LogP contribution in [0.15, 0.2) is 35.9 Å². The van der Waals surface area contributed by atoms with E-state index in [-0.39, 0.29) is 24.1 Å². The van der Waals surface area contributed by atoms with Gasteiger partial charge in [-0.3, -0.25) is 9.69 Å². The van der Waals surface area contributed by atoms with Crippen molar-refractivity contribution in [3.05, 3.63) is 47.3 Å². The zero-order valence-electron chi connectivity index (χ0n) is 13.5. The second-order valence-electron chi connectivity index (χ2n) is 6.72. The highest BCUT2D eigenvalue weighted by Crippen LogP contribution is 2.39. The van der Waals surface area contributed by atoms with Crippen LogP contribution in [-0.2, 0) is 4.79 Å². The number of nitrogens with zero attached hydrogens (tertiary/aromatic N) is 1. The smallest absolute Gasteiger partial charge is 0.157 e. The van der Waals surface area contributed by atoms with Crippen LogP contribution in [0.5, 0.6) is 0 Å². The Bertz CT molecular complexity index is 609. The molecule has 0 bridgehead atoms. The molecule has 0 radical (unpaired) electrons. The molecular formula is C19H24FNO2. The Hall–Kier alpha value is -1.52. The average molecular weight is 317 g/mol. The second-order valence-corrected chi connectivity index (χ2v) is 6.72. The molecule has 2 atom stereocenters. The summed E-state index contributed by atoms with van der Waals surface area (Å²) >= 11 is 0. The lowest BCUT2D eigenvalue weighted by Crippen LogP contribution is -2.42. The standard InChI is InChI=1S/C19H24FNO2/c1-13-8-10-21(12-15(13)9-11-22)18(19(23)14-6-7-14)16-4-2-3-5-17(16)20/h2-5,9,13-14,18,22H,6-8,10-12H2,1H3/b15-9-. The minimum absolute atomic E-state index is 0.00838. The zero-order valence-corrected chi connectivity index (χ0v) is 13.5. The third-order valence-corrected chi connectivity index (χ3v) is 5.04. The third-order valence-electron chi connectivity index (χ3n) is 5.04. The van der Waals surface area contributed by atoms with Gasteiger partial charge < -0.3 is 5.11 Å². The number of ketones is 1. The summed E-state index contributed by atoms with van der Waals surface area (Å²) < 4.78 is 14.3. The van der Waals surface area contributed by atoms with E-state index in [1.165, 1.54) is 6.07 Å². The number of carbonyl (C=O) groups is 1. The maximum Gasteiger partial charge on any atom is 0.157 e. The maximum atomic E-state index is 14.3. The first kappa shape index (κ1) is 16.3. The van der Waals surface area contributed by atoms with E-state index in [4.69, 9.17) is 0 Å². The van der Waals surface area contributed by atoms with E-state index in [0.29, 0.717) is 18.0 Å². The van der Waals surface area contributed by atoms with Gasteiger partial charge in [0, 0.05) is 24.6 Å². The second kappa shape index (κ2) is 6.93. The predicted octanol–water partition coefficient (Wildman–Crippen LogP) is 3.11. The summed E-state index contributed by atoms with van der Waals surface area (Å²) in [6.07, 6.45) is 4.60. The van der Waals surface area contributed by atoms with Crippen molar-refractivity contribution in [1.82, 2.24) is 4.90 Å². The maximum absolute atomic E-state index is 14.3. The van der Waals surface area contributed by atoms with Gasteiger partial charge in [-0.25, -0.2) is 4.39 Å². The van der Waals surface area contributed by atoms with E-state index in [1.54, 1.807) is 18.2 Å². The van der Waals surface area contributed by atoms with E-state index >= 15 is 0 Å². The lowest BCUT2D eigenvalue weighted by atomic mass is 9.89. The van der Waals surface area contributed by atoms with Gasteiger partial charge in [0.1, 0.15) is 5.82 Å². The number of hydrogen-bond donors (Lipinski definition) is 1. The number of carbonyl (C=O) groups excluding carboxylic acids is 1. The molecule has 0 spiro atoms. The molecule has 1 aliphatic carbocycles. The van der Waals surface area contributed by atoms with Crippen molar-refractivity contribution in [3.8, 4) is 0 Å². The molecule has 1 aliphatic heterocycles. The van der Waals surface area contributed by atoms with Crippen LogP contribution in [0.25, 0.3) is 0 Å². The van der Waals surface area contributed by atoms with Gasteiger partial charge in [-0.1, -0.05) is 36.8 Å². The monoisotopic (exact) mass is 317 g/mol. The average Bonchev–Trinajstić information content (AvgIpc) is 3.37. The van der Waals surface area contributed by atoms with Crippen molar-refractivity contribution in [2.24, 2.45) is 11.8 Å². The number of benzene rings is 1. The molecule has 2 aliphatic rings. The molecule has 2 unspecified atom stereocenters. The lowest BCUT2D eigenvalue weighted by molar-refractivity contribution is -0.126. The van der Waals surface area contributed by atoms with Crippen LogP contribution in [0, 0.1) is 17.7 Å². The quantitative estimate of drug-likeness (QED) is 0.848. The number of rotatable bonds is 5. The lowest BCUT2D eigenvalue weighted by Gasteiger charge is -2.38. The van der Waals surface area contributed by atoms with Crippen LogP contribution in [0.1, 0.15) is 37.8 Å². The van der Waals surface area contributed by atoms with Gasteiger partial charge in [0.15, 0.2) is 5.78 Å². The highest BCUT2D eigenvalue weighted by atomic mass is 19.1. The van der Waals surface area contributed by atoms with Crippen molar-refractivity contribution in [3.63, 3.8) is 0 Å². The van der Waals surface area contributed by atoms with Gasteiger partial charge in [0.2, 0.25) is 0 Å². The summed E-state index contributed by atoms with van der Waals surface area (Å²) in [6.45, 7) is 3.55. The van der Waals surface area contributed by atoms with E-state index in [9.17, 15) is 14.3 Å².